The number of hydrogen-bond acceptors (Lipinski definition) is 7. The number of anilines is 2. The van der Waals surface area contributed by atoms with Crippen molar-refractivity contribution >= 4 is 17.5 Å². The van der Waals surface area contributed by atoms with Crippen LogP contribution in [0.5, 0.6) is 11.6 Å². The van der Waals surface area contributed by atoms with E-state index in [0.29, 0.717) is 11.8 Å². The molecule has 0 unspecified atom stereocenters. The van der Waals surface area contributed by atoms with Gasteiger partial charge in [-0.3, -0.25) is 4.79 Å². The molecule has 4 rings (SSSR count). The molecule has 30 heavy (non-hydrogen) atoms. The van der Waals surface area contributed by atoms with E-state index in [2.05, 4.69) is 25.8 Å². The van der Waals surface area contributed by atoms with Crippen molar-refractivity contribution in [3.63, 3.8) is 0 Å². The molecular weight excluding hydrogens is 382 g/mol. The quantitative estimate of drug-likeness (QED) is 0.746. The minimum Gasteiger partial charge on any atom is -0.495 e. The molecule has 0 aliphatic carbocycles. The Labute approximate surface area is 177 Å². The van der Waals surface area contributed by atoms with Crippen molar-refractivity contribution in [1.29, 1.82) is 0 Å². The number of nitrogens with zero attached hydrogens (tertiary/aromatic N) is 5. The van der Waals surface area contributed by atoms with E-state index in [-0.39, 0.29) is 11.8 Å². The van der Waals surface area contributed by atoms with Gasteiger partial charge in [0.1, 0.15) is 5.75 Å². The molecule has 8 heteroatoms. The maximum Gasteiger partial charge on any atom is 0.228 e. The molecule has 0 bridgehead atoms. The Morgan fingerprint density at radius 3 is 2.37 bits per heavy atom. The second-order valence-electron chi connectivity index (χ2n) is 7.64. The average Bonchev–Trinajstić information content (AvgIpc) is 2.84. The minimum atomic E-state index is 0.0738. The van der Waals surface area contributed by atoms with E-state index >= 15 is 0 Å². The summed E-state index contributed by atoms with van der Waals surface area (Å²) >= 11 is 0. The number of methoxy groups -OCH3 is 2. The van der Waals surface area contributed by atoms with E-state index in [0.717, 1.165) is 63.5 Å². The SMILES string of the molecule is COc1ccnc(N2CCC(C(=O)N3CCN(c4ccccc4OC)CC3)CC2)n1. The summed E-state index contributed by atoms with van der Waals surface area (Å²) in [5, 5.41) is 0. The van der Waals surface area contributed by atoms with Gasteiger partial charge in [-0.25, -0.2) is 4.98 Å². The summed E-state index contributed by atoms with van der Waals surface area (Å²) in [4.78, 5) is 28.3. The summed E-state index contributed by atoms with van der Waals surface area (Å²) in [6.07, 6.45) is 3.36. The molecule has 1 aromatic heterocycles. The van der Waals surface area contributed by atoms with Crippen molar-refractivity contribution in [3.05, 3.63) is 36.5 Å². The van der Waals surface area contributed by atoms with Crippen LogP contribution in [0.25, 0.3) is 0 Å². The largest absolute Gasteiger partial charge is 0.495 e. The molecule has 3 heterocycles. The zero-order chi connectivity index (χ0) is 20.9. The number of hydrogen-bond donors (Lipinski definition) is 0. The number of carbonyl (C=O) groups is 1. The molecule has 1 amide bonds. The lowest BCUT2D eigenvalue weighted by Gasteiger charge is -2.39. The van der Waals surface area contributed by atoms with E-state index in [1.54, 1.807) is 26.5 Å². The third-order valence-corrected chi connectivity index (χ3v) is 5.97. The van der Waals surface area contributed by atoms with Gasteiger partial charge >= 0.3 is 0 Å². The molecule has 0 N–H and O–H groups in total. The summed E-state index contributed by atoms with van der Waals surface area (Å²) in [7, 11) is 3.30. The van der Waals surface area contributed by atoms with Crippen LogP contribution < -0.4 is 19.3 Å². The fourth-order valence-corrected chi connectivity index (χ4v) is 4.24. The van der Waals surface area contributed by atoms with Crippen LogP contribution in [-0.4, -0.2) is 74.3 Å². The summed E-state index contributed by atoms with van der Waals surface area (Å²) in [5.74, 6) is 2.46. The number of rotatable bonds is 5. The average molecular weight is 412 g/mol. The van der Waals surface area contributed by atoms with Gasteiger partial charge in [-0.1, -0.05) is 12.1 Å². The zero-order valence-corrected chi connectivity index (χ0v) is 17.7. The molecule has 2 aliphatic heterocycles. The van der Waals surface area contributed by atoms with Crippen LogP contribution in [0.1, 0.15) is 12.8 Å². The predicted molar refractivity (Wildman–Crippen MR) is 115 cm³/mol. The Hall–Kier alpha value is -3.03. The normalized spacial score (nSPS) is 17.7. The molecular formula is C22H29N5O3. The first kappa shape index (κ1) is 20.3. The van der Waals surface area contributed by atoms with Gasteiger partial charge in [0.2, 0.25) is 17.7 Å². The van der Waals surface area contributed by atoms with Crippen molar-refractivity contribution in [2.75, 3.05) is 63.3 Å². The highest BCUT2D eigenvalue weighted by Gasteiger charge is 2.31. The van der Waals surface area contributed by atoms with Crippen molar-refractivity contribution in [1.82, 2.24) is 14.9 Å². The van der Waals surface area contributed by atoms with Crippen LogP contribution in [0.15, 0.2) is 36.5 Å². The van der Waals surface area contributed by atoms with Gasteiger partial charge in [-0.15, -0.1) is 0 Å². The Balaban J connectivity index is 1.30. The first-order valence-corrected chi connectivity index (χ1v) is 10.5. The van der Waals surface area contributed by atoms with Gasteiger partial charge in [0.05, 0.1) is 19.9 Å². The van der Waals surface area contributed by atoms with E-state index in [1.807, 2.05) is 23.1 Å². The fourth-order valence-electron chi connectivity index (χ4n) is 4.24. The molecule has 160 valence electrons. The number of para-hydroxylation sites is 2. The van der Waals surface area contributed by atoms with Gasteiger partial charge in [-0.2, -0.15) is 4.98 Å². The van der Waals surface area contributed by atoms with Gasteiger partial charge in [-0.05, 0) is 25.0 Å². The lowest BCUT2D eigenvalue weighted by Crippen LogP contribution is -2.51. The highest BCUT2D eigenvalue weighted by atomic mass is 16.5. The van der Waals surface area contributed by atoms with Crippen molar-refractivity contribution in [2.24, 2.45) is 5.92 Å². The van der Waals surface area contributed by atoms with Crippen molar-refractivity contribution < 1.29 is 14.3 Å². The summed E-state index contributed by atoms with van der Waals surface area (Å²) < 4.78 is 10.7. The monoisotopic (exact) mass is 411 g/mol. The molecule has 2 fully saturated rings. The first-order valence-electron chi connectivity index (χ1n) is 10.5. The number of benzene rings is 1. The number of carbonyl (C=O) groups excluding carboxylic acids is 1. The minimum absolute atomic E-state index is 0.0738. The molecule has 8 nitrogen and oxygen atoms in total. The van der Waals surface area contributed by atoms with Crippen molar-refractivity contribution in [2.45, 2.75) is 12.8 Å². The Bertz CT molecular complexity index is 861. The molecule has 2 saturated heterocycles. The standard InChI is InChI=1S/C22H29N5O3/c1-29-19-6-4-3-5-18(19)25-13-15-26(16-14-25)21(28)17-8-11-27(12-9-17)22-23-10-7-20(24-22)30-2/h3-7,10,17H,8-9,11-16H2,1-2H3. The fraction of sp³-hybridized carbons (Fsp3) is 0.500. The molecule has 0 spiro atoms. The maximum absolute atomic E-state index is 13.1. The smallest absolute Gasteiger partial charge is 0.228 e. The summed E-state index contributed by atoms with van der Waals surface area (Å²) in [5.41, 5.74) is 1.10. The maximum atomic E-state index is 13.1. The number of ether oxygens (including phenoxy) is 2. The second-order valence-corrected chi connectivity index (χ2v) is 7.64. The van der Waals surface area contributed by atoms with E-state index < -0.39 is 0 Å². The van der Waals surface area contributed by atoms with Crippen LogP contribution in [0.3, 0.4) is 0 Å². The van der Waals surface area contributed by atoms with E-state index in [9.17, 15) is 4.79 Å². The number of amides is 1. The van der Waals surface area contributed by atoms with Crippen LogP contribution >= 0.6 is 0 Å². The highest BCUT2D eigenvalue weighted by molar-refractivity contribution is 5.79. The molecule has 1 aromatic carbocycles. The van der Waals surface area contributed by atoms with Gasteiger partial charge in [0.25, 0.3) is 0 Å². The zero-order valence-electron chi connectivity index (χ0n) is 17.7. The second kappa shape index (κ2) is 9.19. The van der Waals surface area contributed by atoms with E-state index in [1.165, 1.54) is 0 Å². The van der Waals surface area contributed by atoms with E-state index in [4.69, 9.17) is 9.47 Å². The summed E-state index contributed by atoms with van der Waals surface area (Å²) in [6, 6.07) is 9.80. The molecule has 2 aromatic rings. The summed E-state index contributed by atoms with van der Waals surface area (Å²) in [6.45, 7) is 4.70. The molecule has 2 aliphatic rings. The Morgan fingerprint density at radius 2 is 1.67 bits per heavy atom. The van der Waals surface area contributed by atoms with Crippen LogP contribution in [0.2, 0.25) is 0 Å². The third-order valence-electron chi connectivity index (χ3n) is 5.97. The topological polar surface area (TPSA) is 71.0 Å². The Morgan fingerprint density at radius 1 is 0.933 bits per heavy atom. The lowest BCUT2D eigenvalue weighted by molar-refractivity contribution is -0.136. The van der Waals surface area contributed by atoms with Gasteiger partial charge in [0.15, 0.2) is 0 Å². The number of piperidine rings is 1. The van der Waals surface area contributed by atoms with Gasteiger partial charge < -0.3 is 24.2 Å². The van der Waals surface area contributed by atoms with Crippen LogP contribution in [0.4, 0.5) is 11.6 Å². The third kappa shape index (κ3) is 4.27. The number of piperazine rings is 1. The van der Waals surface area contributed by atoms with Gasteiger partial charge in [0, 0.05) is 57.4 Å². The molecule has 0 radical (unpaired) electrons. The number of aromatic nitrogens is 2. The van der Waals surface area contributed by atoms with Crippen molar-refractivity contribution in [3.8, 4) is 11.6 Å². The predicted octanol–water partition coefficient (Wildman–Crippen LogP) is 2.06. The lowest BCUT2D eigenvalue weighted by atomic mass is 9.95. The highest BCUT2D eigenvalue weighted by Crippen LogP contribution is 2.29. The Kier molecular flexibility index (Phi) is 6.21. The van der Waals surface area contributed by atoms with Crippen LogP contribution in [0, 0.1) is 5.92 Å². The first-order chi connectivity index (χ1) is 14.7. The van der Waals surface area contributed by atoms with Crippen LogP contribution in [-0.2, 0) is 4.79 Å². The molecule has 0 saturated carbocycles. The molecule has 0 atom stereocenters.